The van der Waals surface area contributed by atoms with E-state index in [-0.39, 0.29) is 18.3 Å². The average molecular weight is 207 g/mol. The van der Waals surface area contributed by atoms with E-state index in [1.807, 2.05) is 0 Å². The highest BCUT2D eigenvalue weighted by Gasteiger charge is 2.19. The zero-order chi connectivity index (χ0) is 10.4. The summed E-state index contributed by atoms with van der Waals surface area (Å²) in [5.41, 5.74) is 5.48. The fourth-order valence-corrected chi connectivity index (χ4v) is 1.02. The molecule has 0 aliphatic heterocycles. The van der Waals surface area contributed by atoms with Gasteiger partial charge >= 0.3 is 11.4 Å². The molecule has 0 aromatic heterocycles. The normalized spacial score (nSPS) is 17.5. The van der Waals surface area contributed by atoms with E-state index in [0.29, 0.717) is 0 Å². The standard InChI is InChI=1S/C7H13NO4S/c1-3-6(9)7(8)5(2)4-12-13(10)11/h3,5,7H,1,4,8H2,2H3,(H,10,11). The Kier molecular flexibility index (Phi) is 5.72. The molecule has 5 nitrogen and oxygen atoms in total. The monoisotopic (exact) mass is 207 g/mol. The van der Waals surface area contributed by atoms with Crippen molar-refractivity contribution in [3.05, 3.63) is 12.7 Å². The molecule has 76 valence electrons. The number of carbonyl (C=O) groups is 1. The van der Waals surface area contributed by atoms with Crippen LogP contribution in [0.1, 0.15) is 6.92 Å². The third-order valence-electron chi connectivity index (χ3n) is 1.57. The van der Waals surface area contributed by atoms with Gasteiger partial charge in [-0.3, -0.25) is 13.5 Å². The zero-order valence-electron chi connectivity index (χ0n) is 7.30. The topological polar surface area (TPSA) is 89.6 Å². The van der Waals surface area contributed by atoms with E-state index < -0.39 is 17.4 Å². The lowest BCUT2D eigenvalue weighted by Crippen LogP contribution is -2.37. The summed E-state index contributed by atoms with van der Waals surface area (Å²) in [6.07, 6.45) is 1.12. The van der Waals surface area contributed by atoms with E-state index in [9.17, 15) is 9.00 Å². The first-order valence-electron chi connectivity index (χ1n) is 3.65. The Bertz CT molecular complexity index is 219. The van der Waals surface area contributed by atoms with Crippen LogP contribution < -0.4 is 5.73 Å². The Balaban J connectivity index is 3.95. The van der Waals surface area contributed by atoms with E-state index in [1.165, 1.54) is 0 Å². The van der Waals surface area contributed by atoms with Crippen molar-refractivity contribution in [2.75, 3.05) is 6.61 Å². The third-order valence-corrected chi connectivity index (χ3v) is 1.91. The van der Waals surface area contributed by atoms with Crippen molar-refractivity contribution >= 4 is 17.1 Å². The highest BCUT2D eigenvalue weighted by atomic mass is 32.2. The third kappa shape index (κ3) is 4.89. The SMILES string of the molecule is C=CC(=O)C(N)C(C)COS(=O)O. The van der Waals surface area contributed by atoms with Gasteiger partial charge in [0, 0.05) is 5.92 Å². The lowest BCUT2D eigenvalue weighted by atomic mass is 10.0. The Hall–Kier alpha value is -0.560. The predicted molar refractivity (Wildman–Crippen MR) is 49.1 cm³/mol. The van der Waals surface area contributed by atoms with Crippen molar-refractivity contribution < 1.29 is 17.7 Å². The molecule has 0 heterocycles. The molecule has 0 saturated heterocycles. The molecule has 0 aliphatic carbocycles. The molecule has 0 saturated carbocycles. The minimum atomic E-state index is -2.31. The van der Waals surface area contributed by atoms with Gasteiger partial charge in [-0.1, -0.05) is 13.5 Å². The summed E-state index contributed by atoms with van der Waals surface area (Å²) in [5, 5.41) is 0. The van der Waals surface area contributed by atoms with Crippen molar-refractivity contribution in [3.8, 4) is 0 Å². The maximum Gasteiger partial charge on any atom is 0.301 e. The molecule has 0 bridgehead atoms. The maximum atomic E-state index is 11.0. The molecule has 3 N–H and O–H groups in total. The molecule has 3 atom stereocenters. The summed E-state index contributed by atoms with van der Waals surface area (Å²) in [7, 11) is 0. The van der Waals surface area contributed by atoms with Crippen LogP contribution in [-0.2, 0) is 20.3 Å². The number of hydrogen-bond acceptors (Lipinski definition) is 4. The Labute approximate surface area is 79.4 Å². The number of nitrogens with two attached hydrogens (primary N) is 1. The molecule has 0 rings (SSSR count). The van der Waals surface area contributed by atoms with E-state index in [1.54, 1.807) is 6.92 Å². The summed E-state index contributed by atoms with van der Waals surface area (Å²) in [4.78, 5) is 11.0. The molecule has 0 aliphatic rings. The second-order valence-electron chi connectivity index (χ2n) is 2.61. The molecule has 13 heavy (non-hydrogen) atoms. The minimum Gasteiger partial charge on any atom is -0.321 e. The molecule has 0 amide bonds. The number of carbonyl (C=O) groups excluding carboxylic acids is 1. The Morgan fingerprint density at radius 2 is 2.38 bits per heavy atom. The minimum absolute atomic E-state index is 0.0378. The molecular weight excluding hydrogens is 194 g/mol. The van der Waals surface area contributed by atoms with Gasteiger partial charge in [0.05, 0.1) is 12.6 Å². The van der Waals surface area contributed by atoms with E-state index in [2.05, 4.69) is 10.8 Å². The first-order chi connectivity index (χ1) is 5.99. The van der Waals surface area contributed by atoms with E-state index in [4.69, 9.17) is 10.3 Å². The lowest BCUT2D eigenvalue weighted by molar-refractivity contribution is -0.116. The highest BCUT2D eigenvalue weighted by Crippen LogP contribution is 2.03. The van der Waals surface area contributed by atoms with Gasteiger partial charge in [0.25, 0.3) is 0 Å². The fourth-order valence-electron chi connectivity index (χ4n) is 0.686. The van der Waals surface area contributed by atoms with Gasteiger partial charge in [0.1, 0.15) is 0 Å². The molecule has 6 heteroatoms. The number of rotatable bonds is 6. The van der Waals surface area contributed by atoms with Crippen LogP contribution in [0.2, 0.25) is 0 Å². The summed E-state index contributed by atoms with van der Waals surface area (Å²) in [6, 6.07) is -0.735. The van der Waals surface area contributed by atoms with E-state index in [0.717, 1.165) is 6.08 Å². The Morgan fingerprint density at radius 1 is 1.85 bits per heavy atom. The second-order valence-corrected chi connectivity index (χ2v) is 3.28. The van der Waals surface area contributed by atoms with Crippen molar-refractivity contribution in [1.29, 1.82) is 0 Å². The molecular formula is C7H13NO4S. The van der Waals surface area contributed by atoms with Crippen LogP contribution in [0.25, 0.3) is 0 Å². The highest BCUT2D eigenvalue weighted by molar-refractivity contribution is 7.74. The van der Waals surface area contributed by atoms with Crippen molar-refractivity contribution in [2.24, 2.45) is 11.7 Å². The summed E-state index contributed by atoms with van der Waals surface area (Å²) >= 11 is -2.31. The van der Waals surface area contributed by atoms with Gasteiger partial charge in [-0.25, -0.2) is 0 Å². The van der Waals surface area contributed by atoms with Gasteiger partial charge in [-0.05, 0) is 6.08 Å². The largest absolute Gasteiger partial charge is 0.321 e. The van der Waals surface area contributed by atoms with E-state index >= 15 is 0 Å². The summed E-state index contributed by atoms with van der Waals surface area (Å²) in [6.45, 7) is 4.89. The molecule has 0 fully saturated rings. The smallest absolute Gasteiger partial charge is 0.301 e. The lowest BCUT2D eigenvalue weighted by Gasteiger charge is -2.15. The van der Waals surface area contributed by atoms with Crippen molar-refractivity contribution in [3.63, 3.8) is 0 Å². The fraction of sp³-hybridized carbons (Fsp3) is 0.571. The molecule has 0 spiro atoms. The van der Waals surface area contributed by atoms with Crippen LogP contribution >= 0.6 is 0 Å². The molecule has 3 unspecified atom stereocenters. The number of hydrogen-bond donors (Lipinski definition) is 2. The maximum absolute atomic E-state index is 11.0. The van der Waals surface area contributed by atoms with Crippen LogP contribution in [0.3, 0.4) is 0 Å². The van der Waals surface area contributed by atoms with Crippen molar-refractivity contribution in [2.45, 2.75) is 13.0 Å². The van der Waals surface area contributed by atoms with Gasteiger partial charge < -0.3 is 5.73 Å². The first kappa shape index (κ1) is 12.4. The van der Waals surface area contributed by atoms with Gasteiger partial charge in [-0.15, -0.1) is 0 Å². The molecule has 0 radical (unpaired) electrons. The summed E-state index contributed by atoms with van der Waals surface area (Å²) in [5.74, 6) is -0.624. The van der Waals surface area contributed by atoms with Gasteiger partial charge in [-0.2, -0.15) is 4.21 Å². The molecule has 0 aromatic rings. The summed E-state index contributed by atoms with van der Waals surface area (Å²) < 4.78 is 22.8. The zero-order valence-corrected chi connectivity index (χ0v) is 8.12. The Morgan fingerprint density at radius 3 is 2.77 bits per heavy atom. The molecule has 0 aromatic carbocycles. The van der Waals surface area contributed by atoms with Gasteiger partial charge in [0.15, 0.2) is 5.78 Å². The first-order valence-corrected chi connectivity index (χ1v) is 4.68. The van der Waals surface area contributed by atoms with Crippen LogP contribution in [-0.4, -0.2) is 27.2 Å². The predicted octanol–water partition coefficient (Wildman–Crippen LogP) is -0.142. The second kappa shape index (κ2) is 5.98. The van der Waals surface area contributed by atoms with Crippen LogP contribution in [0.4, 0.5) is 0 Å². The van der Waals surface area contributed by atoms with Crippen LogP contribution in [0.5, 0.6) is 0 Å². The average Bonchev–Trinajstić information content (AvgIpc) is 2.11. The quantitative estimate of drug-likeness (QED) is 0.467. The van der Waals surface area contributed by atoms with Crippen LogP contribution in [0, 0.1) is 5.92 Å². The number of ketones is 1. The van der Waals surface area contributed by atoms with Crippen LogP contribution in [0.15, 0.2) is 12.7 Å². The van der Waals surface area contributed by atoms with Crippen molar-refractivity contribution in [1.82, 2.24) is 0 Å². The van der Waals surface area contributed by atoms with Gasteiger partial charge in [0.2, 0.25) is 0 Å².